The topological polar surface area (TPSA) is 68.3 Å². The number of hydrogen-bond acceptors (Lipinski definition) is 6. The number of carbonyl (C=O) groups excluding carboxylic acids is 2. The summed E-state index contributed by atoms with van der Waals surface area (Å²) < 4.78 is 16.6. The molecule has 0 bridgehead atoms. The Bertz CT molecular complexity index is 1200. The number of hydrogen-bond donors (Lipinski definition) is 0. The summed E-state index contributed by atoms with van der Waals surface area (Å²) in [6.07, 6.45) is 0.775. The fraction of sp³-hybridized carbons (Fsp3) is 0.355. The summed E-state index contributed by atoms with van der Waals surface area (Å²) in [7, 11) is 3.03. The highest BCUT2D eigenvalue weighted by molar-refractivity contribution is 5.94. The summed E-state index contributed by atoms with van der Waals surface area (Å²) in [5.41, 5.74) is 4.48. The molecule has 0 unspecified atom stereocenters. The molecule has 0 aromatic heterocycles. The van der Waals surface area contributed by atoms with Crippen LogP contribution in [0.4, 0.5) is 0 Å². The van der Waals surface area contributed by atoms with E-state index in [1.54, 1.807) is 19.2 Å². The van der Waals surface area contributed by atoms with E-state index >= 15 is 0 Å². The summed E-state index contributed by atoms with van der Waals surface area (Å²) >= 11 is 0. The van der Waals surface area contributed by atoms with Crippen molar-refractivity contribution in [3.05, 3.63) is 101 Å². The van der Waals surface area contributed by atoms with Gasteiger partial charge < -0.3 is 19.1 Å². The van der Waals surface area contributed by atoms with Crippen LogP contribution in [-0.4, -0.2) is 68.6 Å². The zero-order valence-corrected chi connectivity index (χ0v) is 22.4. The van der Waals surface area contributed by atoms with Crippen LogP contribution < -0.4 is 4.74 Å². The van der Waals surface area contributed by atoms with Crippen molar-refractivity contribution in [1.29, 1.82) is 0 Å². The number of piperazine rings is 1. The van der Waals surface area contributed by atoms with E-state index in [9.17, 15) is 9.59 Å². The van der Waals surface area contributed by atoms with Gasteiger partial charge in [0.05, 0.1) is 32.5 Å². The summed E-state index contributed by atoms with van der Waals surface area (Å²) in [6.45, 7) is 6.10. The first-order chi connectivity index (χ1) is 18.5. The van der Waals surface area contributed by atoms with Crippen molar-refractivity contribution in [3.8, 4) is 5.75 Å². The van der Waals surface area contributed by atoms with Crippen LogP contribution in [0.3, 0.4) is 0 Å². The van der Waals surface area contributed by atoms with E-state index in [0.29, 0.717) is 31.8 Å². The highest BCUT2D eigenvalue weighted by Gasteiger charge is 2.25. The van der Waals surface area contributed by atoms with Gasteiger partial charge in [-0.2, -0.15) is 0 Å². The van der Waals surface area contributed by atoms with Gasteiger partial charge in [-0.05, 0) is 59.5 Å². The molecule has 3 aromatic rings. The Kier molecular flexibility index (Phi) is 9.51. The smallest absolute Gasteiger partial charge is 0.337 e. The first-order valence-corrected chi connectivity index (χ1v) is 13.0. The van der Waals surface area contributed by atoms with Gasteiger partial charge in [0.25, 0.3) is 5.91 Å². The molecule has 4 rings (SSSR count). The quantitative estimate of drug-likeness (QED) is 0.362. The minimum absolute atomic E-state index is 0.0864. The van der Waals surface area contributed by atoms with Crippen molar-refractivity contribution in [2.45, 2.75) is 26.1 Å². The van der Waals surface area contributed by atoms with Crippen LogP contribution in [-0.2, 0) is 22.5 Å². The van der Waals surface area contributed by atoms with Crippen molar-refractivity contribution >= 4 is 11.9 Å². The molecule has 0 aliphatic carbocycles. The Balaban J connectivity index is 1.39. The maximum Gasteiger partial charge on any atom is 0.337 e. The monoisotopic (exact) mass is 516 g/mol. The van der Waals surface area contributed by atoms with E-state index in [0.717, 1.165) is 42.0 Å². The first kappa shape index (κ1) is 27.4. The Morgan fingerprint density at radius 1 is 0.842 bits per heavy atom. The van der Waals surface area contributed by atoms with Gasteiger partial charge in [-0.15, -0.1) is 0 Å². The lowest BCUT2D eigenvalue weighted by Gasteiger charge is -2.36. The Morgan fingerprint density at radius 3 is 2.13 bits per heavy atom. The molecule has 38 heavy (non-hydrogen) atoms. The molecule has 200 valence electrons. The SMILES string of the molecule is CCc1ccc(C(=O)N2CCN(C[C@H](OCc3ccc(C(=O)OC)cc3)c3cccc(OC)c3)CC2)cc1. The average Bonchev–Trinajstić information content (AvgIpc) is 2.99. The Morgan fingerprint density at radius 2 is 1.50 bits per heavy atom. The van der Waals surface area contributed by atoms with Crippen LogP contribution in [0.2, 0.25) is 0 Å². The van der Waals surface area contributed by atoms with E-state index in [-0.39, 0.29) is 18.0 Å². The lowest BCUT2D eigenvalue weighted by atomic mass is 10.1. The van der Waals surface area contributed by atoms with Crippen LogP contribution in [0, 0.1) is 0 Å². The summed E-state index contributed by atoms with van der Waals surface area (Å²) in [5, 5.41) is 0. The summed E-state index contributed by atoms with van der Waals surface area (Å²) in [5.74, 6) is 0.508. The van der Waals surface area contributed by atoms with E-state index in [1.165, 1.54) is 12.7 Å². The maximum absolute atomic E-state index is 13.0. The summed E-state index contributed by atoms with van der Waals surface area (Å²) in [4.78, 5) is 29.0. The van der Waals surface area contributed by atoms with Crippen LogP contribution >= 0.6 is 0 Å². The minimum atomic E-state index is -0.359. The van der Waals surface area contributed by atoms with Gasteiger partial charge in [-0.3, -0.25) is 9.69 Å². The van der Waals surface area contributed by atoms with Gasteiger partial charge in [0.1, 0.15) is 5.75 Å². The first-order valence-electron chi connectivity index (χ1n) is 13.0. The van der Waals surface area contributed by atoms with Crippen molar-refractivity contribution in [1.82, 2.24) is 9.80 Å². The third-order valence-electron chi connectivity index (χ3n) is 6.98. The normalized spacial score (nSPS) is 14.7. The third-order valence-corrected chi connectivity index (χ3v) is 6.98. The van der Waals surface area contributed by atoms with Crippen molar-refractivity contribution < 1.29 is 23.8 Å². The predicted molar refractivity (Wildman–Crippen MR) is 146 cm³/mol. The number of methoxy groups -OCH3 is 2. The second-order valence-electron chi connectivity index (χ2n) is 9.41. The van der Waals surface area contributed by atoms with Gasteiger partial charge in [-0.25, -0.2) is 4.79 Å². The van der Waals surface area contributed by atoms with Gasteiger partial charge in [-0.1, -0.05) is 43.3 Å². The molecule has 1 aliphatic rings. The number of amides is 1. The highest BCUT2D eigenvalue weighted by atomic mass is 16.5. The fourth-order valence-electron chi connectivity index (χ4n) is 4.58. The van der Waals surface area contributed by atoms with Gasteiger partial charge >= 0.3 is 5.97 Å². The molecule has 1 fully saturated rings. The van der Waals surface area contributed by atoms with Crippen LogP contribution in [0.5, 0.6) is 5.75 Å². The van der Waals surface area contributed by atoms with Crippen molar-refractivity contribution in [2.24, 2.45) is 0 Å². The number of esters is 1. The summed E-state index contributed by atoms with van der Waals surface area (Å²) in [6, 6.07) is 23.1. The zero-order valence-electron chi connectivity index (χ0n) is 22.4. The Hall–Kier alpha value is -3.68. The van der Waals surface area contributed by atoms with Gasteiger partial charge in [0.2, 0.25) is 0 Å². The van der Waals surface area contributed by atoms with E-state index in [2.05, 4.69) is 11.8 Å². The molecule has 1 saturated heterocycles. The Labute approximate surface area is 224 Å². The molecule has 3 aromatic carbocycles. The largest absolute Gasteiger partial charge is 0.497 e. The standard InChI is InChI=1S/C31H36N2O5/c1-4-23-8-12-25(13-9-23)30(34)33-18-16-32(17-19-33)21-29(27-6-5-7-28(20-27)36-2)38-22-24-10-14-26(15-11-24)31(35)37-3/h5-15,20,29H,4,16-19,21-22H2,1-3H3/t29-/m0/s1. The molecular weight excluding hydrogens is 480 g/mol. The number of nitrogens with zero attached hydrogens (tertiary/aromatic N) is 2. The molecule has 1 atom stereocenters. The molecule has 1 aliphatic heterocycles. The molecule has 7 heteroatoms. The second kappa shape index (κ2) is 13.2. The molecule has 1 heterocycles. The molecule has 0 spiro atoms. The van der Waals surface area contributed by atoms with Gasteiger partial charge in [0, 0.05) is 38.3 Å². The second-order valence-corrected chi connectivity index (χ2v) is 9.41. The number of carbonyl (C=O) groups is 2. The van der Waals surface area contributed by atoms with Crippen molar-refractivity contribution in [2.75, 3.05) is 46.9 Å². The molecular formula is C31H36N2O5. The van der Waals surface area contributed by atoms with Crippen molar-refractivity contribution in [3.63, 3.8) is 0 Å². The van der Waals surface area contributed by atoms with Crippen LogP contribution in [0.25, 0.3) is 0 Å². The third kappa shape index (κ3) is 7.00. The van der Waals surface area contributed by atoms with E-state index in [1.807, 2.05) is 65.6 Å². The predicted octanol–water partition coefficient (Wildman–Crippen LogP) is 4.76. The zero-order chi connectivity index (χ0) is 26.9. The van der Waals surface area contributed by atoms with Crippen LogP contribution in [0.15, 0.2) is 72.8 Å². The lowest BCUT2D eigenvalue weighted by Crippen LogP contribution is -2.49. The molecule has 7 nitrogen and oxygen atoms in total. The van der Waals surface area contributed by atoms with Gasteiger partial charge in [0.15, 0.2) is 0 Å². The number of benzene rings is 3. The fourth-order valence-corrected chi connectivity index (χ4v) is 4.58. The maximum atomic E-state index is 13.0. The average molecular weight is 517 g/mol. The number of aryl methyl sites for hydroxylation is 1. The molecule has 0 N–H and O–H groups in total. The van der Waals surface area contributed by atoms with E-state index < -0.39 is 0 Å². The highest BCUT2D eigenvalue weighted by Crippen LogP contribution is 2.25. The number of rotatable bonds is 10. The van der Waals surface area contributed by atoms with Crippen LogP contribution in [0.1, 0.15) is 50.4 Å². The number of ether oxygens (including phenoxy) is 3. The lowest BCUT2D eigenvalue weighted by molar-refractivity contribution is 0.00331. The molecule has 0 saturated carbocycles. The minimum Gasteiger partial charge on any atom is -0.497 e. The van der Waals surface area contributed by atoms with E-state index in [4.69, 9.17) is 14.2 Å². The molecule has 1 amide bonds. The molecule has 0 radical (unpaired) electrons.